The monoisotopic (exact) mass is 334 g/mol. The highest BCUT2D eigenvalue weighted by Crippen LogP contribution is 2.38. The highest BCUT2D eigenvalue weighted by Gasteiger charge is 2.15. The first-order valence-corrected chi connectivity index (χ1v) is 8.69. The Labute approximate surface area is 141 Å². The number of para-hydroxylation sites is 1. The third-order valence-electron chi connectivity index (χ3n) is 3.49. The van der Waals surface area contributed by atoms with Crippen molar-refractivity contribution in [2.24, 2.45) is 0 Å². The molecule has 1 heterocycles. The van der Waals surface area contributed by atoms with Gasteiger partial charge in [0.25, 0.3) is 0 Å². The first kappa shape index (κ1) is 15.2. The molecule has 1 N–H and O–H groups in total. The molecule has 0 atom stereocenters. The van der Waals surface area contributed by atoms with E-state index in [1.165, 1.54) is 15.5 Å². The van der Waals surface area contributed by atoms with E-state index in [1.54, 1.807) is 11.8 Å². The predicted octanol–water partition coefficient (Wildman–Crippen LogP) is 3.82. The number of benzene rings is 2. The molecular weight excluding hydrogens is 316 g/mol. The molecule has 0 radical (unpaired) electrons. The van der Waals surface area contributed by atoms with Gasteiger partial charge in [0.2, 0.25) is 0 Å². The molecule has 0 aliphatic carbocycles. The fourth-order valence-corrected chi connectivity index (χ4v) is 4.06. The summed E-state index contributed by atoms with van der Waals surface area (Å²) in [6.07, 6.45) is 0. The molecule has 0 bridgehead atoms. The standard InChI is InChI=1S/C16H18N2S3/c19-12-5-6-16(14(20)11-12)21-15-4-2-1-3-13(15)18-9-7-17-8-10-18/h1-6,11,17,19-20H,7-10H2. The average Bonchev–Trinajstić information content (AvgIpc) is 2.51. The second-order valence-corrected chi connectivity index (χ2v) is 7.04. The highest BCUT2D eigenvalue weighted by atomic mass is 32.2. The zero-order valence-corrected chi connectivity index (χ0v) is 14.2. The quantitative estimate of drug-likeness (QED) is 0.740. The van der Waals surface area contributed by atoms with Crippen molar-refractivity contribution in [2.45, 2.75) is 19.6 Å². The van der Waals surface area contributed by atoms with Crippen LogP contribution in [0.3, 0.4) is 0 Å². The van der Waals surface area contributed by atoms with E-state index in [1.807, 2.05) is 12.1 Å². The van der Waals surface area contributed by atoms with Gasteiger partial charge in [-0.3, -0.25) is 0 Å². The lowest BCUT2D eigenvalue weighted by Gasteiger charge is -2.31. The van der Waals surface area contributed by atoms with Gasteiger partial charge in [0.1, 0.15) is 0 Å². The number of hydrogen-bond donors (Lipinski definition) is 3. The van der Waals surface area contributed by atoms with E-state index in [4.69, 9.17) is 0 Å². The molecule has 0 spiro atoms. The molecule has 0 amide bonds. The Hall–Kier alpha value is -0.750. The Balaban J connectivity index is 1.88. The lowest BCUT2D eigenvalue weighted by Crippen LogP contribution is -2.43. The Morgan fingerprint density at radius 2 is 1.71 bits per heavy atom. The predicted molar refractivity (Wildman–Crippen MR) is 96.6 cm³/mol. The first-order chi connectivity index (χ1) is 10.2. The summed E-state index contributed by atoms with van der Waals surface area (Å²) in [6, 6.07) is 14.7. The summed E-state index contributed by atoms with van der Waals surface area (Å²) in [6.45, 7) is 4.21. The van der Waals surface area contributed by atoms with Gasteiger partial charge in [-0.2, -0.15) is 0 Å². The normalized spacial score (nSPS) is 15.2. The summed E-state index contributed by atoms with van der Waals surface area (Å²) in [5.74, 6) is 0. The minimum Gasteiger partial charge on any atom is -0.368 e. The molecule has 0 saturated carbocycles. The number of thiol groups is 2. The van der Waals surface area contributed by atoms with Crippen molar-refractivity contribution in [3.63, 3.8) is 0 Å². The van der Waals surface area contributed by atoms with E-state index in [-0.39, 0.29) is 0 Å². The van der Waals surface area contributed by atoms with Gasteiger partial charge in [-0.1, -0.05) is 23.9 Å². The van der Waals surface area contributed by atoms with Crippen LogP contribution in [0.4, 0.5) is 5.69 Å². The zero-order chi connectivity index (χ0) is 14.7. The van der Waals surface area contributed by atoms with Crippen molar-refractivity contribution in [1.82, 2.24) is 5.32 Å². The largest absolute Gasteiger partial charge is 0.368 e. The van der Waals surface area contributed by atoms with Crippen LogP contribution in [0.25, 0.3) is 0 Å². The van der Waals surface area contributed by atoms with Gasteiger partial charge >= 0.3 is 0 Å². The maximum Gasteiger partial charge on any atom is 0.0508 e. The molecule has 1 saturated heterocycles. The topological polar surface area (TPSA) is 15.3 Å². The lowest BCUT2D eigenvalue weighted by atomic mass is 10.2. The van der Waals surface area contributed by atoms with Crippen LogP contribution in [0.1, 0.15) is 0 Å². The van der Waals surface area contributed by atoms with E-state index < -0.39 is 0 Å². The number of hydrogen-bond acceptors (Lipinski definition) is 5. The van der Waals surface area contributed by atoms with Crippen LogP contribution in [0, 0.1) is 0 Å². The summed E-state index contributed by atoms with van der Waals surface area (Å²) in [5.41, 5.74) is 1.31. The summed E-state index contributed by atoms with van der Waals surface area (Å²) in [7, 11) is 0. The van der Waals surface area contributed by atoms with E-state index >= 15 is 0 Å². The number of nitrogens with one attached hydrogen (secondary N) is 1. The molecular formula is C16H18N2S3. The minimum absolute atomic E-state index is 0.944. The molecule has 1 fully saturated rings. The molecule has 110 valence electrons. The molecule has 3 rings (SSSR count). The molecule has 1 aliphatic rings. The van der Waals surface area contributed by atoms with Crippen molar-refractivity contribution >= 4 is 42.7 Å². The molecule has 2 nitrogen and oxygen atoms in total. The van der Waals surface area contributed by atoms with Crippen molar-refractivity contribution < 1.29 is 0 Å². The van der Waals surface area contributed by atoms with Crippen LogP contribution in [0.2, 0.25) is 0 Å². The highest BCUT2D eigenvalue weighted by molar-refractivity contribution is 8.00. The molecule has 2 aromatic carbocycles. The molecule has 5 heteroatoms. The van der Waals surface area contributed by atoms with Gasteiger partial charge in [0, 0.05) is 45.8 Å². The third kappa shape index (κ3) is 3.72. The van der Waals surface area contributed by atoms with Gasteiger partial charge < -0.3 is 10.2 Å². The van der Waals surface area contributed by atoms with Gasteiger partial charge in [-0.15, -0.1) is 25.3 Å². The fraction of sp³-hybridized carbons (Fsp3) is 0.250. The molecule has 21 heavy (non-hydrogen) atoms. The van der Waals surface area contributed by atoms with Crippen LogP contribution in [-0.2, 0) is 0 Å². The second-order valence-electron chi connectivity index (χ2n) is 4.96. The van der Waals surface area contributed by atoms with Crippen LogP contribution in [0.15, 0.2) is 62.0 Å². The maximum atomic E-state index is 4.57. The fourth-order valence-electron chi connectivity index (χ4n) is 2.42. The SMILES string of the molecule is Sc1ccc(Sc2ccccc2N2CCNCC2)c(S)c1. The maximum absolute atomic E-state index is 4.57. The Morgan fingerprint density at radius 1 is 0.952 bits per heavy atom. The summed E-state index contributed by atoms with van der Waals surface area (Å²) in [5, 5.41) is 3.40. The van der Waals surface area contributed by atoms with Gasteiger partial charge in [0.05, 0.1) is 5.69 Å². The van der Waals surface area contributed by atoms with Crippen molar-refractivity contribution in [3.05, 3.63) is 42.5 Å². The summed E-state index contributed by atoms with van der Waals surface area (Å²) in [4.78, 5) is 6.81. The van der Waals surface area contributed by atoms with Gasteiger partial charge in [0.15, 0.2) is 0 Å². The number of piperazine rings is 1. The molecule has 2 aromatic rings. The summed E-state index contributed by atoms with van der Waals surface area (Å²) >= 11 is 10.7. The van der Waals surface area contributed by atoms with Crippen molar-refractivity contribution in [3.8, 4) is 0 Å². The second kappa shape index (κ2) is 7.01. The Morgan fingerprint density at radius 3 is 2.48 bits per heavy atom. The summed E-state index contributed by atoms with van der Waals surface area (Å²) < 4.78 is 0. The molecule has 0 unspecified atom stereocenters. The number of anilines is 1. The van der Waals surface area contributed by atoms with Crippen LogP contribution in [-0.4, -0.2) is 26.2 Å². The molecule has 0 aromatic heterocycles. The average molecular weight is 335 g/mol. The zero-order valence-electron chi connectivity index (χ0n) is 11.6. The van der Waals surface area contributed by atoms with Gasteiger partial charge in [-0.05, 0) is 30.3 Å². The molecule has 1 aliphatic heterocycles. The van der Waals surface area contributed by atoms with Crippen molar-refractivity contribution in [1.29, 1.82) is 0 Å². The van der Waals surface area contributed by atoms with Crippen LogP contribution in [0.5, 0.6) is 0 Å². The number of nitrogens with zero attached hydrogens (tertiary/aromatic N) is 1. The van der Waals surface area contributed by atoms with Crippen LogP contribution < -0.4 is 10.2 Å². The Bertz CT molecular complexity index is 625. The van der Waals surface area contributed by atoms with E-state index in [2.05, 4.69) is 65.8 Å². The first-order valence-electron chi connectivity index (χ1n) is 6.98. The third-order valence-corrected chi connectivity index (χ3v) is 5.43. The van der Waals surface area contributed by atoms with Crippen LogP contribution >= 0.6 is 37.0 Å². The van der Waals surface area contributed by atoms with Gasteiger partial charge in [-0.25, -0.2) is 0 Å². The van der Waals surface area contributed by atoms with E-state index in [9.17, 15) is 0 Å². The minimum atomic E-state index is 0.944. The van der Waals surface area contributed by atoms with E-state index in [0.29, 0.717) is 0 Å². The smallest absolute Gasteiger partial charge is 0.0508 e. The van der Waals surface area contributed by atoms with E-state index in [0.717, 1.165) is 36.0 Å². The Kier molecular flexibility index (Phi) is 5.06. The lowest BCUT2D eigenvalue weighted by molar-refractivity contribution is 0.587. The van der Waals surface area contributed by atoms with Crippen molar-refractivity contribution in [2.75, 3.05) is 31.1 Å². The number of rotatable bonds is 3.